The van der Waals surface area contributed by atoms with E-state index in [-0.39, 0.29) is 28.3 Å². The fraction of sp³-hybridized carbons (Fsp3) is 0.435. The van der Waals surface area contributed by atoms with Crippen LogP contribution in [0.5, 0.6) is 0 Å². The van der Waals surface area contributed by atoms with Gasteiger partial charge in [0.25, 0.3) is 0 Å². The zero-order valence-electron chi connectivity index (χ0n) is 19.1. The summed E-state index contributed by atoms with van der Waals surface area (Å²) in [4.78, 5) is 40.6. The highest BCUT2D eigenvalue weighted by atomic mass is 32.2. The summed E-state index contributed by atoms with van der Waals surface area (Å²) >= 11 is 0. The standard InChI is InChI=1S/C23H28N2O7S/c1-5-31-23(28)19-14(2)20(24-15(19)3)21(26)16(4)32-22(27)17-9-8-10-18(13-17)33(29,30)25-11-6-7-12-25/h8-10,13,16,24H,5-7,11-12H2,1-4H3. The summed E-state index contributed by atoms with van der Waals surface area (Å²) in [7, 11) is -3.69. The molecule has 1 N–H and O–H groups in total. The molecule has 1 fully saturated rings. The second-order valence-corrected chi connectivity index (χ2v) is 9.83. The average molecular weight is 477 g/mol. The number of aromatic amines is 1. The summed E-state index contributed by atoms with van der Waals surface area (Å²) in [6, 6.07) is 5.60. The van der Waals surface area contributed by atoms with Crippen LogP contribution in [0.3, 0.4) is 0 Å². The van der Waals surface area contributed by atoms with Gasteiger partial charge in [0.1, 0.15) is 0 Å². The molecule has 1 aromatic carbocycles. The highest BCUT2D eigenvalue weighted by Crippen LogP contribution is 2.23. The number of ketones is 1. The molecule has 1 unspecified atom stereocenters. The van der Waals surface area contributed by atoms with Gasteiger partial charge in [0.15, 0.2) is 6.10 Å². The van der Waals surface area contributed by atoms with Crippen LogP contribution in [-0.4, -0.2) is 61.2 Å². The van der Waals surface area contributed by atoms with Crippen molar-refractivity contribution in [1.82, 2.24) is 9.29 Å². The third-order valence-electron chi connectivity index (χ3n) is 5.59. The number of aryl methyl sites for hydroxylation is 1. The van der Waals surface area contributed by atoms with Crippen LogP contribution in [0.4, 0.5) is 0 Å². The molecule has 33 heavy (non-hydrogen) atoms. The van der Waals surface area contributed by atoms with Gasteiger partial charge in [-0.2, -0.15) is 4.31 Å². The van der Waals surface area contributed by atoms with Crippen LogP contribution in [0.1, 0.15) is 69.2 Å². The molecule has 1 saturated heterocycles. The molecule has 0 bridgehead atoms. The van der Waals surface area contributed by atoms with Crippen molar-refractivity contribution in [3.63, 3.8) is 0 Å². The number of nitrogens with one attached hydrogen (secondary N) is 1. The zero-order valence-corrected chi connectivity index (χ0v) is 20.0. The lowest BCUT2D eigenvalue weighted by Crippen LogP contribution is -2.28. The minimum atomic E-state index is -3.69. The van der Waals surface area contributed by atoms with Crippen LogP contribution < -0.4 is 0 Å². The van der Waals surface area contributed by atoms with Crippen molar-refractivity contribution in [2.45, 2.75) is 51.5 Å². The number of carbonyl (C=O) groups excluding carboxylic acids is 3. The van der Waals surface area contributed by atoms with Crippen LogP contribution in [0.25, 0.3) is 0 Å². The molecular formula is C23H28N2O7S. The Kier molecular flexibility index (Phi) is 7.38. The third kappa shape index (κ3) is 5.01. The fourth-order valence-corrected chi connectivity index (χ4v) is 5.42. The minimum Gasteiger partial charge on any atom is -0.462 e. The number of aromatic nitrogens is 1. The van der Waals surface area contributed by atoms with Crippen molar-refractivity contribution in [3.05, 3.63) is 52.3 Å². The SMILES string of the molecule is CCOC(=O)c1c(C)[nH]c(C(=O)C(C)OC(=O)c2cccc(S(=O)(=O)N3CCCC3)c2)c1C. The molecule has 2 aromatic rings. The van der Waals surface area contributed by atoms with Crippen molar-refractivity contribution in [3.8, 4) is 0 Å². The number of ether oxygens (including phenoxy) is 2. The predicted molar refractivity (Wildman–Crippen MR) is 120 cm³/mol. The first-order valence-corrected chi connectivity index (χ1v) is 12.2. The molecule has 0 aliphatic carbocycles. The number of H-pyrrole nitrogens is 1. The smallest absolute Gasteiger partial charge is 0.340 e. The number of nitrogens with zero attached hydrogens (tertiary/aromatic N) is 1. The lowest BCUT2D eigenvalue weighted by Gasteiger charge is -2.16. The number of hydrogen-bond donors (Lipinski definition) is 1. The van der Waals surface area contributed by atoms with Crippen LogP contribution >= 0.6 is 0 Å². The quantitative estimate of drug-likeness (QED) is 0.459. The van der Waals surface area contributed by atoms with E-state index in [2.05, 4.69) is 4.98 Å². The molecule has 0 radical (unpaired) electrons. The Labute approximate surface area is 193 Å². The largest absolute Gasteiger partial charge is 0.462 e. The second kappa shape index (κ2) is 9.88. The Balaban J connectivity index is 1.77. The third-order valence-corrected chi connectivity index (χ3v) is 7.48. The summed E-state index contributed by atoms with van der Waals surface area (Å²) < 4.78 is 37.3. The Bertz CT molecular complexity index is 1180. The average Bonchev–Trinajstić information content (AvgIpc) is 3.42. The maximum atomic E-state index is 12.9. The molecule has 178 valence electrons. The van der Waals surface area contributed by atoms with Crippen molar-refractivity contribution in [1.29, 1.82) is 0 Å². The monoisotopic (exact) mass is 476 g/mol. The maximum Gasteiger partial charge on any atom is 0.340 e. The molecule has 0 amide bonds. The van der Waals surface area contributed by atoms with E-state index < -0.39 is 33.8 Å². The minimum absolute atomic E-state index is 0.00717. The van der Waals surface area contributed by atoms with Gasteiger partial charge in [0.05, 0.1) is 28.3 Å². The summed E-state index contributed by atoms with van der Waals surface area (Å²) in [5, 5.41) is 0. The first kappa shape index (κ1) is 24.7. The highest BCUT2D eigenvalue weighted by molar-refractivity contribution is 7.89. The fourth-order valence-electron chi connectivity index (χ4n) is 3.85. The Morgan fingerprint density at radius 1 is 1.12 bits per heavy atom. The topological polar surface area (TPSA) is 123 Å². The predicted octanol–water partition coefficient (Wildman–Crippen LogP) is 3.02. The molecule has 9 nitrogen and oxygen atoms in total. The van der Waals surface area contributed by atoms with Gasteiger partial charge in [-0.05, 0) is 64.3 Å². The molecule has 10 heteroatoms. The molecule has 1 atom stereocenters. The number of sulfonamides is 1. The van der Waals surface area contributed by atoms with E-state index in [1.165, 1.54) is 35.5 Å². The van der Waals surface area contributed by atoms with Gasteiger partial charge >= 0.3 is 11.9 Å². The number of rotatable bonds is 8. The van der Waals surface area contributed by atoms with E-state index in [4.69, 9.17) is 9.47 Å². The number of Topliss-reactive ketones (excluding diaryl/α,β-unsaturated/α-hetero) is 1. The molecule has 2 heterocycles. The van der Waals surface area contributed by atoms with Crippen LogP contribution in [0.2, 0.25) is 0 Å². The van der Waals surface area contributed by atoms with Gasteiger partial charge < -0.3 is 14.5 Å². The molecule has 1 aliphatic heterocycles. The summed E-state index contributed by atoms with van der Waals surface area (Å²) in [5.74, 6) is -1.87. The van der Waals surface area contributed by atoms with E-state index in [9.17, 15) is 22.8 Å². The molecule has 1 aromatic heterocycles. The van der Waals surface area contributed by atoms with Crippen molar-refractivity contribution in [2.75, 3.05) is 19.7 Å². The lowest BCUT2D eigenvalue weighted by molar-refractivity contribution is 0.0316. The van der Waals surface area contributed by atoms with Crippen LogP contribution in [0, 0.1) is 13.8 Å². The lowest BCUT2D eigenvalue weighted by atomic mass is 10.1. The van der Waals surface area contributed by atoms with Gasteiger partial charge in [0, 0.05) is 18.8 Å². The molecular weight excluding hydrogens is 448 g/mol. The zero-order chi connectivity index (χ0) is 24.3. The summed E-state index contributed by atoms with van der Waals surface area (Å²) in [5.41, 5.74) is 1.35. The number of esters is 2. The Morgan fingerprint density at radius 2 is 1.79 bits per heavy atom. The highest BCUT2D eigenvalue weighted by Gasteiger charge is 2.30. The molecule has 0 saturated carbocycles. The number of carbonyl (C=O) groups is 3. The first-order chi connectivity index (χ1) is 15.6. The van der Waals surface area contributed by atoms with Crippen LogP contribution in [0.15, 0.2) is 29.2 Å². The second-order valence-electron chi connectivity index (χ2n) is 7.90. The van der Waals surface area contributed by atoms with Crippen molar-refractivity contribution < 1.29 is 32.3 Å². The molecule has 1 aliphatic rings. The van der Waals surface area contributed by atoms with Crippen molar-refractivity contribution in [2.24, 2.45) is 0 Å². The number of benzene rings is 1. The van der Waals surface area contributed by atoms with E-state index in [1.807, 2.05) is 0 Å². The molecule has 0 spiro atoms. The van der Waals surface area contributed by atoms with Gasteiger partial charge in [-0.3, -0.25) is 4.79 Å². The maximum absolute atomic E-state index is 12.9. The normalized spacial score (nSPS) is 15.3. The van der Waals surface area contributed by atoms with Gasteiger partial charge in [0.2, 0.25) is 15.8 Å². The first-order valence-electron chi connectivity index (χ1n) is 10.8. The Hall–Kier alpha value is -2.98. The summed E-state index contributed by atoms with van der Waals surface area (Å²) in [6.45, 7) is 7.48. The Morgan fingerprint density at radius 3 is 2.42 bits per heavy atom. The van der Waals surface area contributed by atoms with Gasteiger partial charge in [-0.1, -0.05) is 6.07 Å². The van der Waals surface area contributed by atoms with Crippen LogP contribution in [-0.2, 0) is 19.5 Å². The van der Waals surface area contributed by atoms with E-state index in [0.29, 0.717) is 24.3 Å². The van der Waals surface area contributed by atoms with E-state index in [1.54, 1.807) is 20.8 Å². The summed E-state index contributed by atoms with van der Waals surface area (Å²) in [6.07, 6.45) is 0.440. The van der Waals surface area contributed by atoms with E-state index >= 15 is 0 Å². The van der Waals surface area contributed by atoms with Gasteiger partial charge in [-0.25, -0.2) is 18.0 Å². The number of hydrogen-bond acceptors (Lipinski definition) is 7. The van der Waals surface area contributed by atoms with Crippen molar-refractivity contribution >= 4 is 27.7 Å². The van der Waals surface area contributed by atoms with E-state index in [0.717, 1.165) is 12.8 Å². The van der Waals surface area contributed by atoms with Gasteiger partial charge in [-0.15, -0.1) is 0 Å². The molecule has 3 rings (SSSR count).